The van der Waals surface area contributed by atoms with Gasteiger partial charge in [0.1, 0.15) is 11.6 Å². The van der Waals surface area contributed by atoms with Crippen LogP contribution < -0.4 is 10.1 Å². The molecule has 1 rings (SSSR count). The summed E-state index contributed by atoms with van der Waals surface area (Å²) in [6.45, 7) is 6.85. The third-order valence-electron chi connectivity index (χ3n) is 2.24. The Balaban J connectivity index is 2.67. The first-order valence-corrected chi connectivity index (χ1v) is 7.19. The molecule has 0 saturated carbocycles. The molecular formula is C11H19N3O2S. The number of nitrogens with one attached hydrogen (secondary N) is 1. The zero-order valence-corrected chi connectivity index (χ0v) is 11.5. The van der Waals surface area contributed by atoms with Crippen molar-refractivity contribution in [3.63, 3.8) is 0 Å². The van der Waals surface area contributed by atoms with E-state index < -0.39 is 10.8 Å². The number of hydrogen-bond donors (Lipinski definition) is 1. The largest absolute Gasteiger partial charge is 0.478 e. The number of anilines is 1. The molecule has 0 fully saturated rings. The minimum absolute atomic E-state index is 0.0841. The molecule has 0 aliphatic rings. The van der Waals surface area contributed by atoms with Gasteiger partial charge >= 0.3 is 0 Å². The first kappa shape index (κ1) is 13.9. The maximum atomic E-state index is 11.2. The highest BCUT2D eigenvalue weighted by Gasteiger charge is 2.07. The predicted octanol–water partition coefficient (Wildman–Crippen LogP) is 1.36. The van der Waals surface area contributed by atoms with E-state index in [1.807, 2.05) is 20.8 Å². The zero-order chi connectivity index (χ0) is 12.8. The highest BCUT2D eigenvalue weighted by Crippen LogP contribution is 2.13. The fourth-order valence-electron chi connectivity index (χ4n) is 1.22. The fourth-order valence-corrected chi connectivity index (χ4v) is 1.54. The molecule has 0 aliphatic carbocycles. The van der Waals surface area contributed by atoms with Gasteiger partial charge in [0.05, 0.1) is 6.61 Å². The van der Waals surface area contributed by atoms with E-state index in [0.29, 0.717) is 30.7 Å². The van der Waals surface area contributed by atoms with Gasteiger partial charge in [-0.25, -0.2) is 4.98 Å². The van der Waals surface area contributed by atoms with Crippen LogP contribution in [0.25, 0.3) is 0 Å². The molecule has 0 aromatic carbocycles. The quantitative estimate of drug-likeness (QED) is 0.833. The molecule has 2 unspecified atom stereocenters. The van der Waals surface area contributed by atoms with Crippen molar-refractivity contribution >= 4 is 16.6 Å². The SMILES string of the molecule is CCOc1cc(NCC(C)S(C)=O)nc(C)n1. The molecule has 1 aromatic heterocycles. The van der Waals surface area contributed by atoms with Crippen LogP contribution in [-0.4, -0.2) is 38.8 Å². The van der Waals surface area contributed by atoms with Gasteiger partial charge in [-0.1, -0.05) is 0 Å². The van der Waals surface area contributed by atoms with E-state index in [0.717, 1.165) is 0 Å². The van der Waals surface area contributed by atoms with E-state index in [-0.39, 0.29) is 5.25 Å². The molecule has 0 saturated heterocycles. The lowest BCUT2D eigenvalue weighted by atomic mass is 10.4. The Hall–Kier alpha value is -1.17. The van der Waals surface area contributed by atoms with E-state index in [1.165, 1.54) is 0 Å². The standard InChI is InChI=1S/C11H19N3O2S/c1-5-16-11-6-10(13-9(3)14-11)12-7-8(2)17(4)15/h6,8H,5,7H2,1-4H3,(H,12,13,14). The lowest BCUT2D eigenvalue weighted by molar-refractivity contribution is 0.325. The topological polar surface area (TPSA) is 64.1 Å². The van der Waals surface area contributed by atoms with Gasteiger partial charge < -0.3 is 10.1 Å². The van der Waals surface area contributed by atoms with E-state index >= 15 is 0 Å². The summed E-state index contributed by atoms with van der Waals surface area (Å²) in [5.41, 5.74) is 0. The van der Waals surface area contributed by atoms with Crippen LogP contribution in [0.2, 0.25) is 0 Å². The molecule has 0 amide bonds. The maximum absolute atomic E-state index is 11.2. The van der Waals surface area contributed by atoms with Crippen molar-refractivity contribution in [1.29, 1.82) is 0 Å². The molecule has 0 aliphatic heterocycles. The Morgan fingerprint density at radius 1 is 1.53 bits per heavy atom. The van der Waals surface area contributed by atoms with Crippen LogP contribution in [0.4, 0.5) is 5.82 Å². The average Bonchev–Trinajstić information content (AvgIpc) is 2.25. The lowest BCUT2D eigenvalue weighted by Crippen LogP contribution is -2.21. The highest BCUT2D eigenvalue weighted by molar-refractivity contribution is 7.84. The Morgan fingerprint density at radius 3 is 2.82 bits per heavy atom. The summed E-state index contributed by atoms with van der Waals surface area (Å²) in [5, 5.41) is 3.23. The van der Waals surface area contributed by atoms with Crippen LogP contribution in [-0.2, 0) is 10.8 Å². The van der Waals surface area contributed by atoms with Crippen molar-refractivity contribution < 1.29 is 8.95 Å². The number of ether oxygens (including phenoxy) is 1. The minimum atomic E-state index is -0.835. The minimum Gasteiger partial charge on any atom is -0.478 e. The first-order chi connectivity index (χ1) is 8.02. The second kappa shape index (κ2) is 6.54. The first-order valence-electron chi connectivity index (χ1n) is 5.57. The van der Waals surface area contributed by atoms with E-state index in [1.54, 1.807) is 12.3 Å². The molecule has 6 heteroatoms. The highest BCUT2D eigenvalue weighted by atomic mass is 32.2. The Kier molecular flexibility index (Phi) is 5.34. The van der Waals surface area contributed by atoms with E-state index in [4.69, 9.17) is 4.74 Å². The maximum Gasteiger partial charge on any atom is 0.218 e. The van der Waals surface area contributed by atoms with Gasteiger partial charge in [0, 0.05) is 34.9 Å². The molecule has 0 spiro atoms. The summed E-state index contributed by atoms with van der Waals surface area (Å²) in [6.07, 6.45) is 1.70. The van der Waals surface area contributed by atoms with Gasteiger partial charge in [-0.05, 0) is 20.8 Å². The average molecular weight is 257 g/mol. The predicted molar refractivity (Wildman–Crippen MR) is 70.0 cm³/mol. The Bertz CT molecular complexity index is 398. The molecule has 2 atom stereocenters. The summed E-state index contributed by atoms with van der Waals surface area (Å²) in [4.78, 5) is 8.40. The van der Waals surface area contributed by atoms with Crippen molar-refractivity contribution in [2.45, 2.75) is 26.0 Å². The van der Waals surface area contributed by atoms with Gasteiger partial charge in [-0.3, -0.25) is 4.21 Å². The van der Waals surface area contributed by atoms with Crippen molar-refractivity contribution in [1.82, 2.24) is 9.97 Å². The fraction of sp³-hybridized carbons (Fsp3) is 0.636. The van der Waals surface area contributed by atoms with Crippen LogP contribution in [0.3, 0.4) is 0 Å². The summed E-state index contributed by atoms with van der Waals surface area (Å²) < 4.78 is 16.5. The second-order valence-electron chi connectivity index (χ2n) is 3.76. The molecule has 17 heavy (non-hydrogen) atoms. The third kappa shape index (κ3) is 4.68. The molecule has 1 N–H and O–H groups in total. The third-order valence-corrected chi connectivity index (χ3v) is 3.54. The summed E-state index contributed by atoms with van der Waals surface area (Å²) in [6, 6.07) is 1.75. The smallest absolute Gasteiger partial charge is 0.218 e. The number of hydrogen-bond acceptors (Lipinski definition) is 5. The molecule has 5 nitrogen and oxygen atoms in total. The molecule has 0 radical (unpaired) electrons. The Labute approximate surface area is 104 Å². The summed E-state index contributed by atoms with van der Waals surface area (Å²) >= 11 is 0. The van der Waals surface area contributed by atoms with Crippen molar-refractivity contribution in [2.75, 3.05) is 24.7 Å². The molecule has 1 heterocycles. The number of rotatable bonds is 6. The van der Waals surface area contributed by atoms with Crippen LogP contribution in [0.15, 0.2) is 6.07 Å². The molecule has 0 bridgehead atoms. The van der Waals surface area contributed by atoms with Gasteiger partial charge in [0.25, 0.3) is 0 Å². The second-order valence-corrected chi connectivity index (χ2v) is 5.56. The van der Waals surface area contributed by atoms with Gasteiger partial charge in [0.2, 0.25) is 5.88 Å². The zero-order valence-electron chi connectivity index (χ0n) is 10.7. The van der Waals surface area contributed by atoms with Gasteiger partial charge in [-0.2, -0.15) is 4.98 Å². The van der Waals surface area contributed by atoms with Crippen molar-refractivity contribution in [2.24, 2.45) is 0 Å². The van der Waals surface area contributed by atoms with Crippen LogP contribution >= 0.6 is 0 Å². The van der Waals surface area contributed by atoms with E-state index in [9.17, 15) is 4.21 Å². The number of aromatic nitrogens is 2. The monoisotopic (exact) mass is 257 g/mol. The summed E-state index contributed by atoms with van der Waals surface area (Å²) in [5.74, 6) is 1.93. The van der Waals surface area contributed by atoms with Crippen molar-refractivity contribution in [3.8, 4) is 5.88 Å². The van der Waals surface area contributed by atoms with Crippen molar-refractivity contribution in [3.05, 3.63) is 11.9 Å². The van der Waals surface area contributed by atoms with Crippen LogP contribution in [0.5, 0.6) is 5.88 Å². The van der Waals surface area contributed by atoms with Gasteiger partial charge in [0.15, 0.2) is 0 Å². The van der Waals surface area contributed by atoms with Crippen LogP contribution in [0.1, 0.15) is 19.7 Å². The normalized spacial score (nSPS) is 14.1. The van der Waals surface area contributed by atoms with E-state index in [2.05, 4.69) is 15.3 Å². The Morgan fingerprint density at radius 2 is 2.24 bits per heavy atom. The molecule has 96 valence electrons. The molecule has 1 aromatic rings. The van der Waals surface area contributed by atoms with Crippen LogP contribution in [0, 0.1) is 6.92 Å². The van der Waals surface area contributed by atoms with Gasteiger partial charge in [-0.15, -0.1) is 0 Å². The molecular weight excluding hydrogens is 238 g/mol. The number of aryl methyl sites for hydroxylation is 1. The number of nitrogens with zero attached hydrogens (tertiary/aromatic N) is 2. The summed E-state index contributed by atoms with van der Waals surface area (Å²) in [7, 11) is -0.835. The lowest BCUT2D eigenvalue weighted by Gasteiger charge is -2.11.